The summed E-state index contributed by atoms with van der Waals surface area (Å²) in [6.07, 6.45) is 4.38. The lowest BCUT2D eigenvalue weighted by atomic mass is 9.96. The minimum Gasteiger partial charge on any atom is -0.487 e. The number of fused-ring (bicyclic) bond motifs is 10. The third-order valence-electron chi connectivity index (χ3n) is 8.90. The molecular formula is C38H45N5O5. The van der Waals surface area contributed by atoms with Crippen LogP contribution in [0.15, 0.2) is 91.1 Å². The Labute approximate surface area is 282 Å². The van der Waals surface area contributed by atoms with Crippen LogP contribution in [0.3, 0.4) is 0 Å². The Balaban J connectivity index is 1.42. The number of ether oxygens (including phenoxy) is 1. The molecule has 1 fully saturated rings. The van der Waals surface area contributed by atoms with E-state index in [4.69, 9.17) is 4.74 Å². The first-order chi connectivity index (χ1) is 23.2. The van der Waals surface area contributed by atoms with E-state index in [0.717, 1.165) is 16.7 Å². The smallest absolute Gasteiger partial charge is 0.247 e. The van der Waals surface area contributed by atoms with Crippen molar-refractivity contribution in [1.82, 2.24) is 26.2 Å². The van der Waals surface area contributed by atoms with Crippen LogP contribution in [-0.4, -0.2) is 72.4 Å². The highest BCUT2D eigenvalue weighted by Gasteiger charge is 2.41. The summed E-state index contributed by atoms with van der Waals surface area (Å²) in [4.78, 5) is 57.2. The van der Waals surface area contributed by atoms with Crippen LogP contribution >= 0.6 is 0 Å². The highest BCUT2D eigenvalue weighted by atomic mass is 16.5. The van der Waals surface area contributed by atoms with Gasteiger partial charge < -0.3 is 30.9 Å². The van der Waals surface area contributed by atoms with Gasteiger partial charge in [0, 0.05) is 19.2 Å². The monoisotopic (exact) mass is 651 g/mol. The first-order valence-electron chi connectivity index (χ1n) is 16.6. The Morgan fingerprint density at radius 1 is 0.917 bits per heavy atom. The van der Waals surface area contributed by atoms with Crippen LogP contribution in [0, 0.1) is 5.92 Å². The number of likely N-dealkylation sites (N-methyl/N-ethyl adjacent to an activating group) is 1. The van der Waals surface area contributed by atoms with E-state index in [1.54, 1.807) is 36.4 Å². The number of carbonyl (C=O) groups excluding carboxylic acids is 4. The van der Waals surface area contributed by atoms with Crippen molar-refractivity contribution in [2.24, 2.45) is 5.92 Å². The fourth-order valence-electron chi connectivity index (χ4n) is 6.26. The highest BCUT2D eigenvalue weighted by Crippen LogP contribution is 2.23. The van der Waals surface area contributed by atoms with E-state index in [1.165, 1.54) is 0 Å². The largest absolute Gasteiger partial charge is 0.487 e. The zero-order chi connectivity index (χ0) is 34.0. The van der Waals surface area contributed by atoms with E-state index in [2.05, 4.69) is 21.3 Å². The number of nitrogens with zero attached hydrogens (tertiary/aromatic N) is 1. The molecule has 4 N–H and O–H groups in total. The molecule has 3 aromatic rings. The van der Waals surface area contributed by atoms with Gasteiger partial charge in [-0.2, -0.15) is 0 Å². The second-order valence-corrected chi connectivity index (χ2v) is 12.7. The van der Waals surface area contributed by atoms with E-state index >= 15 is 0 Å². The number of hydrogen-bond donors (Lipinski definition) is 4. The van der Waals surface area contributed by atoms with E-state index in [-0.39, 0.29) is 18.2 Å². The second kappa shape index (κ2) is 16.2. The molecule has 10 nitrogen and oxygen atoms in total. The summed E-state index contributed by atoms with van der Waals surface area (Å²) in [6.45, 7) is 4.26. The van der Waals surface area contributed by atoms with Gasteiger partial charge in [-0.05, 0) is 67.1 Å². The zero-order valence-electron chi connectivity index (χ0n) is 27.7. The Morgan fingerprint density at radius 3 is 2.23 bits per heavy atom. The van der Waals surface area contributed by atoms with Crippen LogP contribution in [0.2, 0.25) is 0 Å². The number of benzene rings is 3. The zero-order valence-corrected chi connectivity index (χ0v) is 27.7. The summed E-state index contributed by atoms with van der Waals surface area (Å²) in [5.74, 6) is -1.23. The van der Waals surface area contributed by atoms with Crippen molar-refractivity contribution in [1.29, 1.82) is 0 Å². The fraction of sp³-hybridized carbons (Fsp3) is 0.368. The molecule has 3 heterocycles. The van der Waals surface area contributed by atoms with Crippen molar-refractivity contribution in [2.75, 3.05) is 13.6 Å². The summed E-state index contributed by atoms with van der Waals surface area (Å²) >= 11 is 0. The first-order valence-corrected chi connectivity index (χ1v) is 16.6. The number of likely N-dealkylation sites (tertiary alicyclic amines) is 1. The quantitative estimate of drug-likeness (QED) is 0.281. The molecule has 3 aliphatic heterocycles. The van der Waals surface area contributed by atoms with E-state index < -0.39 is 48.0 Å². The molecule has 0 saturated carbocycles. The van der Waals surface area contributed by atoms with Gasteiger partial charge in [-0.1, -0.05) is 86.6 Å². The average molecular weight is 652 g/mol. The van der Waals surface area contributed by atoms with E-state index in [9.17, 15) is 19.2 Å². The molecule has 6 rings (SSSR count). The number of nitrogens with one attached hydrogen (secondary N) is 4. The normalized spacial score (nSPS) is 22.6. The van der Waals surface area contributed by atoms with Crippen LogP contribution in [0.4, 0.5) is 0 Å². The molecule has 48 heavy (non-hydrogen) atoms. The molecule has 3 aromatic carbocycles. The number of rotatable bonds is 9. The summed E-state index contributed by atoms with van der Waals surface area (Å²) in [5, 5.41) is 11.8. The van der Waals surface area contributed by atoms with Gasteiger partial charge in [0.05, 0.1) is 6.04 Å². The lowest BCUT2D eigenvalue weighted by Gasteiger charge is -2.34. The van der Waals surface area contributed by atoms with Gasteiger partial charge in [0.1, 0.15) is 30.0 Å². The Morgan fingerprint density at radius 2 is 1.58 bits per heavy atom. The predicted molar refractivity (Wildman–Crippen MR) is 185 cm³/mol. The minimum atomic E-state index is -1.16. The molecule has 2 bridgehead atoms. The summed E-state index contributed by atoms with van der Waals surface area (Å²) < 4.78 is 6.41. The van der Waals surface area contributed by atoms with Gasteiger partial charge in [-0.25, -0.2) is 0 Å². The lowest BCUT2D eigenvalue weighted by molar-refractivity contribution is -0.142. The minimum absolute atomic E-state index is 0.168. The molecule has 0 aliphatic carbocycles. The predicted octanol–water partition coefficient (Wildman–Crippen LogP) is 3.22. The van der Waals surface area contributed by atoms with Gasteiger partial charge in [0.25, 0.3) is 0 Å². The number of amides is 4. The molecular weight excluding hydrogens is 606 g/mol. The van der Waals surface area contributed by atoms with Crippen molar-refractivity contribution in [3.05, 3.63) is 108 Å². The SMILES string of the molecule is CN[C@H](Cc1ccccc1)C(=O)N1CCC[C@H]1C(=O)N[C@H]1C(=O)N[C@@H](Cc2ccccc2)C(=O)N/C=C/c2ccc(cc2)O[C@@H]1C(C)C. The molecule has 1 saturated heterocycles. The molecule has 5 atom stereocenters. The number of carbonyl (C=O) groups is 4. The van der Waals surface area contributed by atoms with E-state index in [1.807, 2.05) is 86.6 Å². The summed E-state index contributed by atoms with van der Waals surface area (Å²) in [5.41, 5.74) is 2.73. The van der Waals surface area contributed by atoms with Gasteiger partial charge in [-0.3, -0.25) is 19.2 Å². The molecule has 0 aromatic heterocycles. The Kier molecular flexibility index (Phi) is 11.6. The second-order valence-electron chi connectivity index (χ2n) is 12.7. The van der Waals surface area contributed by atoms with Crippen LogP contribution < -0.4 is 26.0 Å². The molecule has 10 heteroatoms. The van der Waals surface area contributed by atoms with Crippen LogP contribution in [0.5, 0.6) is 5.75 Å². The first kappa shape index (κ1) is 34.4. The van der Waals surface area contributed by atoms with Gasteiger partial charge >= 0.3 is 0 Å². The fourth-order valence-corrected chi connectivity index (χ4v) is 6.26. The number of hydrogen-bond acceptors (Lipinski definition) is 6. The van der Waals surface area contributed by atoms with Crippen molar-refractivity contribution >= 4 is 29.7 Å². The van der Waals surface area contributed by atoms with Crippen molar-refractivity contribution in [3.8, 4) is 5.75 Å². The summed E-state index contributed by atoms with van der Waals surface area (Å²) in [7, 11) is 1.74. The lowest BCUT2D eigenvalue weighted by Crippen LogP contribution is -2.62. The maximum absolute atomic E-state index is 14.2. The third-order valence-corrected chi connectivity index (χ3v) is 8.90. The molecule has 0 radical (unpaired) electrons. The molecule has 0 unspecified atom stereocenters. The van der Waals surface area contributed by atoms with Crippen molar-refractivity contribution in [3.63, 3.8) is 0 Å². The van der Waals surface area contributed by atoms with Gasteiger partial charge in [-0.15, -0.1) is 0 Å². The third kappa shape index (κ3) is 8.68. The Bertz CT molecular complexity index is 1580. The average Bonchev–Trinajstić information content (AvgIpc) is 3.59. The summed E-state index contributed by atoms with van der Waals surface area (Å²) in [6, 6.07) is 23.1. The highest BCUT2D eigenvalue weighted by molar-refractivity contribution is 5.95. The van der Waals surface area contributed by atoms with Gasteiger partial charge in [0.15, 0.2) is 0 Å². The maximum Gasteiger partial charge on any atom is 0.247 e. The molecule has 252 valence electrons. The molecule has 3 aliphatic rings. The standard InChI is InChI=1S/C38H45N5O5/c1-25(2)34-33(42-36(45)32-15-10-22-43(32)38(47)31(39-3)24-28-13-8-5-9-14-28)37(46)41-30(23-27-11-6-4-7-12-27)35(44)40-21-20-26-16-18-29(48-34)19-17-26/h4-9,11-14,16-21,25,30-34,39H,10,15,22-24H2,1-3H3,(H,40,44)(H,41,46)(H,42,45)/b21-20+/t30-,31+,32-,33+,34+/m0/s1. The van der Waals surface area contributed by atoms with Gasteiger partial charge in [0.2, 0.25) is 23.6 Å². The van der Waals surface area contributed by atoms with Crippen molar-refractivity contribution in [2.45, 2.75) is 69.8 Å². The Hall–Kier alpha value is -4.96. The maximum atomic E-state index is 14.2. The van der Waals surface area contributed by atoms with E-state index in [0.29, 0.717) is 31.6 Å². The van der Waals surface area contributed by atoms with Crippen LogP contribution in [0.1, 0.15) is 43.4 Å². The molecule has 0 spiro atoms. The van der Waals surface area contributed by atoms with Crippen molar-refractivity contribution < 1.29 is 23.9 Å². The van der Waals surface area contributed by atoms with Crippen LogP contribution in [-0.2, 0) is 32.0 Å². The molecule has 4 amide bonds. The van der Waals surface area contributed by atoms with Crippen LogP contribution in [0.25, 0.3) is 6.08 Å². The topological polar surface area (TPSA) is 129 Å².